The van der Waals surface area contributed by atoms with Gasteiger partial charge in [0.05, 0.1) is 31.4 Å². The van der Waals surface area contributed by atoms with Crippen LogP contribution in [-0.4, -0.2) is 68.0 Å². The van der Waals surface area contributed by atoms with Crippen LogP contribution in [0.1, 0.15) is 48.9 Å². The number of methoxy groups -OCH3 is 2. The van der Waals surface area contributed by atoms with Gasteiger partial charge in [-0.2, -0.15) is 0 Å². The maximum absolute atomic E-state index is 13.2. The number of carbonyl (C=O) groups excluding carboxylic acids is 2. The maximum atomic E-state index is 13.2. The molecule has 1 saturated heterocycles. The van der Waals surface area contributed by atoms with Gasteiger partial charge in [0.15, 0.2) is 0 Å². The fraction of sp³-hybridized carbons (Fsp3) is 0.407. The van der Waals surface area contributed by atoms with Crippen LogP contribution in [0.3, 0.4) is 0 Å². The minimum absolute atomic E-state index is 0.0544. The van der Waals surface area contributed by atoms with Gasteiger partial charge < -0.3 is 24.4 Å². The van der Waals surface area contributed by atoms with Gasteiger partial charge in [-0.15, -0.1) is 0 Å². The molecule has 1 amide bonds. The highest BCUT2D eigenvalue weighted by Gasteiger charge is 2.46. The molecule has 1 N–H and O–H groups in total. The van der Waals surface area contributed by atoms with Crippen LogP contribution in [0.5, 0.6) is 11.5 Å². The fourth-order valence-electron chi connectivity index (χ4n) is 4.22. The molecule has 1 heterocycles. The minimum atomic E-state index is -0.704. The summed E-state index contributed by atoms with van der Waals surface area (Å²) < 4.78 is 10.7. The summed E-state index contributed by atoms with van der Waals surface area (Å²) in [6.07, 6.45) is 0.698. The normalized spacial score (nSPS) is 17.6. The van der Waals surface area contributed by atoms with E-state index in [1.807, 2.05) is 43.3 Å². The van der Waals surface area contributed by atoms with Crippen molar-refractivity contribution in [1.29, 1.82) is 0 Å². The Morgan fingerprint density at radius 3 is 2.29 bits per heavy atom. The highest BCUT2D eigenvalue weighted by Crippen LogP contribution is 2.42. The first kappa shape index (κ1) is 25.3. The number of ketones is 1. The Morgan fingerprint density at radius 2 is 1.74 bits per heavy atom. The van der Waals surface area contributed by atoms with Crippen molar-refractivity contribution in [3.05, 3.63) is 64.7 Å². The van der Waals surface area contributed by atoms with Gasteiger partial charge >= 0.3 is 0 Å². The van der Waals surface area contributed by atoms with Crippen LogP contribution >= 0.6 is 0 Å². The van der Waals surface area contributed by atoms with E-state index in [-0.39, 0.29) is 11.3 Å². The van der Waals surface area contributed by atoms with E-state index in [9.17, 15) is 14.7 Å². The van der Waals surface area contributed by atoms with Crippen molar-refractivity contribution in [3.63, 3.8) is 0 Å². The molecule has 0 radical (unpaired) electrons. The van der Waals surface area contributed by atoms with Crippen LogP contribution in [0.2, 0.25) is 0 Å². The molecule has 0 saturated carbocycles. The number of nitrogens with zero attached hydrogens (tertiary/aromatic N) is 2. The zero-order valence-corrected chi connectivity index (χ0v) is 20.8. The SMILES string of the molecule is COc1ccc(OC)c(/C(O)=C2\C(=O)C(=O)N(CCCN(C)C)C2c2ccc(C(C)C)cc2)c1. The average Bonchev–Trinajstić information content (AvgIpc) is 3.08. The third kappa shape index (κ3) is 5.09. The summed E-state index contributed by atoms with van der Waals surface area (Å²) in [7, 11) is 6.93. The molecule has 3 rings (SSSR count). The molecule has 1 aliphatic rings. The van der Waals surface area contributed by atoms with Crippen molar-refractivity contribution >= 4 is 17.4 Å². The lowest BCUT2D eigenvalue weighted by atomic mass is 9.93. The third-order valence-electron chi connectivity index (χ3n) is 6.12. The molecular formula is C27H34N2O5. The number of ether oxygens (including phenoxy) is 2. The quantitative estimate of drug-likeness (QED) is 0.339. The van der Waals surface area contributed by atoms with Gasteiger partial charge in [0.2, 0.25) is 0 Å². The van der Waals surface area contributed by atoms with Gasteiger partial charge in [-0.25, -0.2) is 0 Å². The van der Waals surface area contributed by atoms with Crippen LogP contribution < -0.4 is 9.47 Å². The molecule has 34 heavy (non-hydrogen) atoms. The number of rotatable bonds is 9. The van der Waals surface area contributed by atoms with Crippen LogP contribution in [0.25, 0.3) is 5.76 Å². The third-order valence-corrected chi connectivity index (χ3v) is 6.12. The zero-order valence-electron chi connectivity index (χ0n) is 20.8. The lowest BCUT2D eigenvalue weighted by Crippen LogP contribution is -2.32. The topological polar surface area (TPSA) is 79.3 Å². The van der Waals surface area contributed by atoms with E-state index < -0.39 is 17.7 Å². The van der Waals surface area contributed by atoms with Crippen molar-refractivity contribution in [2.24, 2.45) is 0 Å². The molecular weight excluding hydrogens is 432 g/mol. The zero-order chi connectivity index (χ0) is 25.0. The number of aliphatic hydroxyl groups excluding tert-OH is 1. The fourth-order valence-corrected chi connectivity index (χ4v) is 4.22. The lowest BCUT2D eigenvalue weighted by Gasteiger charge is -2.26. The van der Waals surface area contributed by atoms with E-state index in [4.69, 9.17) is 9.47 Å². The molecule has 1 atom stereocenters. The van der Waals surface area contributed by atoms with Crippen molar-refractivity contribution in [2.45, 2.75) is 32.2 Å². The molecule has 1 aliphatic heterocycles. The molecule has 1 unspecified atom stereocenters. The van der Waals surface area contributed by atoms with E-state index in [1.54, 1.807) is 23.1 Å². The summed E-state index contributed by atoms with van der Waals surface area (Å²) in [4.78, 5) is 30.0. The van der Waals surface area contributed by atoms with Crippen LogP contribution in [0.4, 0.5) is 0 Å². The van der Waals surface area contributed by atoms with Crippen LogP contribution in [0.15, 0.2) is 48.0 Å². The Hall–Kier alpha value is -3.32. The Bertz CT molecular complexity index is 1070. The molecule has 0 aliphatic carbocycles. The van der Waals surface area contributed by atoms with Gasteiger partial charge in [-0.05, 0) is 62.3 Å². The number of carbonyl (C=O) groups is 2. The molecule has 7 nitrogen and oxygen atoms in total. The average molecular weight is 467 g/mol. The Morgan fingerprint density at radius 1 is 1.06 bits per heavy atom. The Labute approximate surface area is 201 Å². The summed E-state index contributed by atoms with van der Waals surface area (Å²) in [5.74, 6) is -0.361. The first-order valence-electron chi connectivity index (χ1n) is 11.4. The minimum Gasteiger partial charge on any atom is -0.507 e. The molecule has 0 bridgehead atoms. The van der Waals surface area contributed by atoms with Gasteiger partial charge in [0, 0.05) is 6.54 Å². The number of Topliss-reactive ketones (excluding diaryl/α,β-unsaturated/α-hetero) is 1. The summed E-state index contributed by atoms with van der Waals surface area (Å²) >= 11 is 0. The lowest BCUT2D eigenvalue weighted by molar-refractivity contribution is -0.139. The predicted octanol–water partition coefficient (Wildman–Crippen LogP) is 4.20. The van der Waals surface area contributed by atoms with Crippen molar-refractivity contribution in [2.75, 3.05) is 41.4 Å². The van der Waals surface area contributed by atoms with E-state index in [2.05, 4.69) is 13.8 Å². The van der Waals surface area contributed by atoms with Crippen molar-refractivity contribution < 1.29 is 24.2 Å². The number of hydrogen-bond donors (Lipinski definition) is 1. The number of hydrogen-bond acceptors (Lipinski definition) is 6. The molecule has 7 heteroatoms. The standard InChI is InChI=1S/C27H34N2O5/c1-17(2)18-8-10-19(11-9-18)24-23(26(31)27(32)29(24)15-7-14-28(3)4)25(30)21-16-20(33-5)12-13-22(21)34-6/h8-13,16-17,24,30H,7,14-15H2,1-6H3/b25-23+. The summed E-state index contributed by atoms with van der Waals surface area (Å²) in [5, 5.41) is 11.4. The number of likely N-dealkylation sites (tertiary alicyclic amines) is 1. The Balaban J connectivity index is 2.16. The molecule has 0 aromatic heterocycles. The van der Waals surface area contributed by atoms with Gasteiger partial charge in [-0.3, -0.25) is 9.59 Å². The molecule has 1 fully saturated rings. The smallest absolute Gasteiger partial charge is 0.295 e. The molecule has 2 aromatic rings. The van der Waals surface area contributed by atoms with E-state index in [0.717, 1.165) is 17.7 Å². The highest BCUT2D eigenvalue weighted by molar-refractivity contribution is 6.46. The molecule has 2 aromatic carbocycles. The first-order chi connectivity index (χ1) is 16.2. The van der Waals surface area contributed by atoms with Gasteiger partial charge in [0.25, 0.3) is 11.7 Å². The van der Waals surface area contributed by atoms with Crippen molar-refractivity contribution in [1.82, 2.24) is 9.80 Å². The first-order valence-corrected chi connectivity index (χ1v) is 11.4. The largest absolute Gasteiger partial charge is 0.507 e. The highest BCUT2D eigenvalue weighted by atomic mass is 16.5. The van der Waals surface area contributed by atoms with Crippen LogP contribution in [0, 0.1) is 0 Å². The number of benzene rings is 2. The van der Waals surface area contributed by atoms with E-state index in [0.29, 0.717) is 35.9 Å². The van der Waals surface area contributed by atoms with Gasteiger partial charge in [-0.1, -0.05) is 38.1 Å². The number of aliphatic hydroxyl groups is 1. The van der Waals surface area contributed by atoms with E-state index in [1.165, 1.54) is 14.2 Å². The summed E-state index contributed by atoms with van der Waals surface area (Å²) in [6.45, 7) is 5.38. The second-order valence-corrected chi connectivity index (χ2v) is 9.04. The summed E-state index contributed by atoms with van der Waals surface area (Å²) in [6, 6.07) is 12.1. The summed E-state index contributed by atoms with van der Waals surface area (Å²) in [5.41, 5.74) is 2.29. The second-order valence-electron chi connectivity index (χ2n) is 9.04. The maximum Gasteiger partial charge on any atom is 0.295 e. The van der Waals surface area contributed by atoms with Crippen LogP contribution in [-0.2, 0) is 9.59 Å². The Kier molecular flexibility index (Phi) is 7.99. The monoisotopic (exact) mass is 466 g/mol. The van der Waals surface area contributed by atoms with Gasteiger partial charge in [0.1, 0.15) is 17.3 Å². The number of amides is 1. The molecule has 182 valence electrons. The van der Waals surface area contributed by atoms with E-state index >= 15 is 0 Å². The van der Waals surface area contributed by atoms with Crippen molar-refractivity contribution in [3.8, 4) is 11.5 Å². The second kappa shape index (κ2) is 10.7. The molecule has 0 spiro atoms. The predicted molar refractivity (Wildman–Crippen MR) is 132 cm³/mol.